The number of rotatable bonds is 5. The monoisotopic (exact) mass is 429 g/mol. The summed E-state index contributed by atoms with van der Waals surface area (Å²) in [6, 6.07) is 3.73. The lowest BCUT2D eigenvalue weighted by atomic mass is 10.3. The third-order valence-corrected chi connectivity index (χ3v) is 5.01. The highest BCUT2D eigenvalue weighted by Gasteiger charge is 2.13. The number of thioether (sulfide) groups is 1. The lowest BCUT2D eigenvalue weighted by molar-refractivity contribution is 0.916. The summed E-state index contributed by atoms with van der Waals surface area (Å²) in [5.41, 5.74) is 6.28. The molecular weight excluding hydrogens is 406 g/mol. The number of halogens is 1. The summed E-state index contributed by atoms with van der Waals surface area (Å²) in [5.74, 6) is 0.795. The van der Waals surface area contributed by atoms with Crippen LogP contribution in [0.1, 0.15) is 37.9 Å². The van der Waals surface area contributed by atoms with Gasteiger partial charge in [-0.05, 0) is 42.7 Å². The first kappa shape index (κ1) is 21.1. The molecule has 29 heavy (non-hydrogen) atoms. The molecule has 9 heteroatoms. The third-order valence-electron chi connectivity index (χ3n) is 4.23. The van der Waals surface area contributed by atoms with Gasteiger partial charge in [-0.2, -0.15) is 5.10 Å². The number of allylic oxidation sites excluding steroid dienone is 1. The zero-order valence-corrected chi connectivity index (χ0v) is 18.7. The van der Waals surface area contributed by atoms with Crippen LogP contribution in [0.2, 0.25) is 5.15 Å². The molecule has 0 spiro atoms. The molecule has 7 nitrogen and oxygen atoms in total. The van der Waals surface area contributed by atoms with Gasteiger partial charge in [0.2, 0.25) is 0 Å². The van der Waals surface area contributed by atoms with Crippen LogP contribution in [0.5, 0.6) is 0 Å². The van der Waals surface area contributed by atoms with Crippen LogP contribution in [-0.2, 0) is 6.54 Å². The molecule has 4 aromatic rings. The maximum atomic E-state index is 6.24. The van der Waals surface area contributed by atoms with Gasteiger partial charge in [-0.1, -0.05) is 25.4 Å². The van der Waals surface area contributed by atoms with E-state index in [1.165, 1.54) is 0 Å². The fourth-order valence-electron chi connectivity index (χ4n) is 2.92. The molecule has 0 saturated carbocycles. The van der Waals surface area contributed by atoms with Gasteiger partial charge in [-0.15, -0.1) is 11.8 Å². The lowest BCUT2D eigenvalue weighted by Gasteiger charge is -2.08. The molecule has 0 amide bonds. The first-order chi connectivity index (χ1) is 14.1. The molecule has 0 aliphatic carbocycles. The summed E-state index contributed by atoms with van der Waals surface area (Å²) >= 11 is 7.88. The van der Waals surface area contributed by atoms with Crippen LogP contribution in [-0.4, -0.2) is 35.8 Å². The molecule has 4 aromatic heterocycles. The van der Waals surface area contributed by atoms with Gasteiger partial charge in [0.05, 0.1) is 29.6 Å². The van der Waals surface area contributed by atoms with E-state index in [0.29, 0.717) is 23.0 Å². The Hall–Kier alpha value is -2.58. The maximum Gasteiger partial charge on any atom is 0.178 e. The number of pyridine rings is 1. The van der Waals surface area contributed by atoms with Crippen LogP contribution in [0.15, 0.2) is 29.9 Å². The second-order valence-corrected chi connectivity index (χ2v) is 7.25. The van der Waals surface area contributed by atoms with Gasteiger partial charge in [0.15, 0.2) is 16.4 Å². The van der Waals surface area contributed by atoms with Crippen LogP contribution < -0.4 is 5.32 Å². The van der Waals surface area contributed by atoms with E-state index in [0.717, 1.165) is 33.9 Å². The molecule has 0 unspecified atom stereocenters. The zero-order chi connectivity index (χ0) is 21.0. The van der Waals surface area contributed by atoms with Crippen molar-refractivity contribution < 1.29 is 0 Å². The maximum absolute atomic E-state index is 6.24. The molecule has 0 fully saturated rings. The number of H-pyrrole nitrogens is 1. The average Bonchev–Trinajstić information content (AvgIpc) is 3.32. The normalized spacial score (nSPS) is 11.6. The molecule has 0 bridgehead atoms. The Balaban J connectivity index is 0.00000117. The molecule has 152 valence electrons. The highest BCUT2D eigenvalue weighted by atomic mass is 35.5. The molecule has 4 rings (SSSR count). The number of aromatic amines is 1. The summed E-state index contributed by atoms with van der Waals surface area (Å²) in [6.07, 6.45) is 5.59. The van der Waals surface area contributed by atoms with Gasteiger partial charge >= 0.3 is 0 Å². The molecule has 0 aliphatic heterocycles. The summed E-state index contributed by atoms with van der Waals surface area (Å²) in [4.78, 5) is 16.7. The molecule has 0 saturated heterocycles. The number of anilines is 1. The van der Waals surface area contributed by atoms with E-state index in [1.807, 2.05) is 40.0 Å². The number of fused-ring (bicyclic) bond motifs is 2. The van der Waals surface area contributed by atoms with Crippen molar-refractivity contribution in [2.75, 3.05) is 11.6 Å². The number of hydrogen-bond donors (Lipinski definition) is 2. The Morgan fingerprint density at radius 1 is 1.34 bits per heavy atom. The molecule has 4 heterocycles. The van der Waals surface area contributed by atoms with Gasteiger partial charge in [0.1, 0.15) is 5.82 Å². The minimum Gasteiger partial charge on any atom is -0.375 e. The van der Waals surface area contributed by atoms with E-state index in [9.17, 15) is 0 Å². The summed E-state index contributed by atoms with van der Waals surface area (Å²) in [5, 5.41) is 10.2. The zero-order valence-electron chi connectivity index (χ0n) is 17.1. The predicted octanol–water partition coefficient (Wildman–Crippen LogP) is 5.32. The number of imidazole rings is 2. The number of hydrogen-bond acceptors (Lipinski definition) is 6. The van der Waals surface area contributed by atoms with E-state index in [1.54, 1.807) is 34.7 Å². The average molecular weight is 430 g/mol. The predicted molar refractivity (Wildman–Crippen MR) is 122 cm³/mol. The van der Waals surface area contributed by atoms with Crippen molar-refractivity contribution in [2.45, 2.75) is 34.2 Å². The molecule has 2 N–H and O–H groups in total. The van der Waals surface area contributed by atoms with Crippen molar-refractivity contribution in [3.63, 3.8) is 0 Å². The second-order valence-electron chi connectivity index (χ2n) is 6.16. The van der Waals surface area contributed by atoms with Gasteiger partial charge in [0, 0.05) is 12.3 Å². The Labute approximate surface area is 179 Å². The summed E-state index contributed by atoms with van der Waals surface area (Å²) < 4.78 is 1.76. The fourth-order valence-corrected chi connectivity index (χ4v) is 3.58. The molecular formula is C20H24ClN7S. The van der Waals surface area contributed by atoms with Crippen molar-refractivity contribution in [1.82, 2.24) is 29.5 Å². The standard InChI is InChI=1S/C18H18ClN7S.C2H6/c1-10-4-5-20-17-16(10)23-15(24-17)8-21-12-6-14(19)25-26-13(7-22-18(12)26)11(2)9-27-3;1-2/h4-7,9,21H,8H2,1-3H3,(H,20,23,24);1-2H3/b11-9+;. The number of nitrogens with one attached hydrogen (secondary N) is 2. The minimum absolute atomic E-state index is 0.392. The van der Waals surface area contributed by atoms with Crippen LogP contribution in [0.4, 0.5) is 5.69 Å². The smallest absolute Gasteiger partial charge is 0.178 e. The Bertz CT molecular complexity index is 1160. The SMILES string of the molecule is CC.CS/C=C(\C)c1cnc2c(NCc3nc4nccc(C)c4[nH]3)cc(Cl)nn12. The Morgan fingerprint density at radius 3 is 2.86 bits per heavy atom. The van der Waals surface area contributed by atoms with Gasteiger partial charge < -0.3 is 10.3 Å². The highest BCUT2D eigenvalue weighted by Crippen LogP contribution is 2.25. The quantitative estimate of drug-likeness (QED) is 0.446. The van der Waals surface area contributed by atoms with Gasteiger partial charge in [-0.3, -0.25) is 0 Å². The first-order valence-electron chi connectivity index (χ1n) is 9.35. The van der Waals surface area contributed by atoms with Gasteiger partial charge in [0.25, 0.3) is 0 Å². The van der Waals surface area contributed by atoms with E-state index in [-0.39, 0.29) is 0 Å². The summed E-state index contributed by atoms with van der Waals surface area (Å²) in [6.45, 7) is 8.55. The van der Waals surface area contributed by atoms with Crippen molar-refractivity contribution in [3.8, 4) is 0 Å². The summed E-state index contributed by atoms with van der Waals surface area (Å²) in [7, 11) is 0. The first-order valence-corrected chi connectivity index (χ1v) is 11.0. The third kappa shape index (κ3) is 4.38. The Kier molecular flexibility index (Phi) is 6.76. The van der Waals surface area contributed by atoms with Crippen LogP contribution >= 0.6 is 23.4 Å². The Morgan fingerprint density at radius 2 is 2.14 bits per heavy atom. The van der Waals surface area contributed by atoms with Crippen molar-refractivity contribution in [2.24, 2.45) is 0 Å². The number of aryl methyl sites for hydroxylation is 1. The van der Waals surface area contributed by atoms with Crippen molar-refractivity contribution in [1.29, 1.82) is 0 Å². The van der Waals surface area contributed by atoms with Gasteiger partial charge in [-0.25, -0.2) is 19.5 Å². The molecule has 0 aromatic carbocycles. The highest BCUT2D eigenvalue weighted by molar-refractivity contribution is 8.01. The molecule has 0 atom stereocenters. The van der Waals surface area contributed by atoms with Crippen LogP contribution in [0.3, 0.4) is 0 Å². The number of nitrogens with zero attached hydrogens (tertiary/aromatic N) is 5. The van der Waals surface area contributed by atoms with E-state index < -0.39 is 0 Å². The van der Waals surface area contributed by atoms with Crippen molar-refractivity contribution in [3.05, 3.63) is 52.2 Å². The number of aromatic nitrogens is 6. The molecule has 0 radical (unpaired) electrons. The topological polar surface area (TPSA) is 83.8 Å². The van der Waals surface area contributed by atoms with Crippen molar-refractivity contribution >= 4 is 51.4 Å². The second kappa shape index (κ2) is 9.28. The van der Waals surface area contributed by atoms with Crippen LogP contribution in [0, 0.1) is 6.92 Å². The lowest BCUT2D eigenvalue weighted by Crippen LogP contribution is -2.05. The van der Waals surface area contributed by atoms with E-state index in [2.05, 4.69) is 35.8 Å². The van der Waals surface area contributed by atoms with E-state index >= 15 is 0 Å². The van der Waals surface area contributed by atoms with E-state index in [4.69, 9.17) is 11.6 Å². The van der Waals surface area contributed by atoms with Crippen LogP contribution in [0.25, 0.3) is 22.4 Å². The molecule has 0 aliphatic rings. The minimum atomic E-state index is 0.392. The largest absolute Gasteiger partial charge is 0.375 e. The fraction of sp³-hybridized carbons (Fsp3) is 0.300.